The van der Waals surface area contributed by atoms with Crippen molar-refractivity contribution in [3.8, 4) is 0 Å². The zero-order valence-electron chi connectivity index (χ0n) is 10.5. The van der Waals surface area contributed by atoms with Crippen LogP contribution < -0.4 is 16.0 Å². The summed E-state index contributed by atoms with van der Waals surface area (Å²) < 4.78 is 0. The molecule has 1 aromatic carbocycles. The number of benzene rings is 1. The minimum atomic E-state index is -0.408. The highest BCUT2D eigenvalue weighted by Crippen LogP contribution is 2.10. The van der Waals surface area contributed by atoms with Gasteiger partial charge in [0, 0.05) is 18.8 Å². The largest absolute Gasteiger partial charge is 0.396 e. The van der Waals surface area contributed by atoms with Crippen LogP contribution in [-0.2, 0) is 16.0 Å². The van der Waals surface area contributed by atoms with Gasteiger partial charge in [-0.25, -0.2) is 0 Å². The minimum absolute atomic E-state index is 0.0996. The van der Waals surface area contributed by atoms with E-state index in [1.807, 2.05) is 12.1 Å². The second-order valence-corrected chi connectivity index (χ2v) is 4.40. The molecule has 19 heavy (non-hydrogen) atoms. The Bertz CT molecular complexity index is 449. The van der Waals surface area contributed by atoms with Crippen molar-refractivity contribution in [2.45, 2.75) is 12.5 Å². The maximum absolute atomic E-state index is 11.9. The molecule has 6 nitrogen and oxygen atoms in total. The molecule has 1 aliphatic heterocycles. The van der Waals surface area contributed by atoms with Gasteiger partial charge in [0.25, 0.3) is 0 Å². The molecule has 4 N–H and O–H groups in total. The molecule has 1 aromatic rings. The summed E-state index contributed by atoms with van der Waals surface area (Å²) in [6.45, 7) is 0.568. The third-order valence-electron chi connectivity index (χ3n) is 2.95. The van der Waals surface area contributed by atoms with E-state index in [1.165, 1.54) is 0 Å². The number of nitrogens with one attached hydrogen (secondary N) is 3. The quantitative estimate of drug-likeness (QED) is 0.575. The lowest BCUT2D eigenvalue weighted by Crippen LogP contribution is -2.56. The lowest BCUT2D eigenvalue weighted by atomic mass is 10.1. The molecule has 2 rings (SSSR count). The summed E-state index contributed by atoms with van der Waals surface area (Å²) in [5.41, 5.74) is 1.72. The maximum atomic E-state index is 11.9. The average molecular weight is 263 g/mol. The predicted molar refractivity (Wildman–Crippen MR) is 70.7 cm³/mol. The number of carbonyl (C=O) groups excluding carboxylic acids is 2. The molecule has 1 unspecified atom stereocenters. The van der Waals surface area contributed by atoms with Gasteiger partial charge in [-0.1, -0.05) is 12.1 Å². The molecule has 1 atom stereocenters. The van der Waals surface area contributed by atoms with Crippen LogP contribution in [0.2, 0.25) is 0 Å². The van der Waals surface area contributed by atoms with Crippen LogP contribution in [0.25, 0.3) is 0 Å². The number of amides is 2. The van der Waals surface area contributed by atoms with Crippen LogP contribution in [0.3, 0.4) is 0 Å². The molecule has 0 radical (unpaired) electrons. The van der Waals surface area contributed by atoms with Gasteiger partial charge in [-0.3, -0.25) is 14.9 Å². The first kappa shape index (κ1) is 13.5. The number of aliphatic hydroxyl groups excluding tert-OH is 1. The van der Waals surface area contributed by atoms with E-state index in [0.29, 0.717) is 18.7 Å². The Morgan fingerprint density at radius 1 is 1.37 bits per heavy atom. The Kier molecular flexibility index (Phi) is 4.48. The fourth-order valence-corrected chi connectivity index (χ4v) is 1.87. The Labute approximate surface area is 111 Å². The Morgan fingerprint density at radius 2 is 2.11 bits per heavy atom. The summed E-state index contributed by atoms with van der Waals surface area (Å²) in [5, 5.41) is 17.1. The second-order valence-electron chi connectivity index (χ2n) is 4.40. The fraction of sp³-hybridized carbons (Fsp3) is 0.385. The smallest absolute Gasteiger partial charge is 0.243 e. The van der Waals surface area contributed by atoms with Gasteiger partial charge in [-0.2, -0.15) is 0 Å². The zero-order valence-corrected chi connectivity index (χ0v) is 10.5. The lowest BCUT2D eigenvalue weighted by Gasteiger charge is -2.23. The number of hydrogen-bond acceptors (Lipinski definition) is 4. The van der Waals surface area contributed by atoms with Crippen LogP contribution in [0.1, 0.15) is 5.56 Å². The first-order chi connectivity index (χ1) is 9.19. The number of anilines is 1. The molecule has 0 spiro atoms. The summed E-state index contributed by atoms with van der Waals surface area (Å²) >= 11 is 0. The van der Waals surface area contributed by atoms with Crippen molar-refractivity contribution in [1.82, 2.24) is 10.6 Å². The van der Waals surface area contributed by atoms with Crippen molar-refractivity contribution in [1.29, 1.82) is 0 Å². The highest BCUT2D eigenvalue weighted by Gasteiger charge is 2.23. The summed E-state index contributed by atoms with van der Waals surface area (Å²) in [4.78, 5) is 22.9. The third-order valence-corrected chi connectivity index (χ3v) is 2.95. The van der Waals surface area contributed by atoms with E-state index in [2.05, 4.69) is 16.0 Å². The molecule has 1 heterocycles. The van der Waals surface area contributed by atoms with Crippen LogP contribution in [0.15, 0.2) is 24.3 Å². The highest BCUT2D eigenvalue weighted by molar-refractivity contribution is 5.96. The Balaban J connectivity index is 1.89. The van der Waals surface area contributed by atoms with Crippen molar-refractivity contribution in [3.05, 3.63) is 29.8 Å². The molecule has 2 amide bonds. The average Bonchev–Trinajstić information content (AvgIpc) is 2.42. The third kappa shape index (κ3) is 3.77. The topological polar surface area (TPSA) is 90.5 Å². The van der Waals surface area contributed by atoms with E-state index < -0.39 is 6.04 Å². The summed E-state index contributed by atoms with van der Waals surface area (Å²) in [6, 6.07) is 6.91. The van der Waals surface area contributed by atoms with Crippen LogP contribution >= 0.6 is 0 Å². The van der Waals surface area contributed by atoms with Crippen LogP contribution in [0.4, 0.5) is 5.69 Å². The monoisotopic (exact) mass is 263 g/mol. The van der Waals surface area contributed by atoms with Crippen molar-refractivity contribution in [2.24, 2.45) is 0 Å². The number of aliphatic hydroxyl groups is 1. The van der Waals surface area contributed by atoms with Crippen LogP contribution in [-0.4, -0.2) is 42.7 Å². The van der Waals surface area contributed by atoms with E-state index in [4.69, 9.17) is 5.11 Å². The van der Waals surface area contributed by atoms with Gasteiger partial charge < -0.3 is 15.7 Å². The predicted octanol–water partition coefficient (Wildman–Crippen LogP) is -0.752. The van der Waals surface area contributed by atoms with Crippen LogP contribution in [0, 0.1) is 0 Å². The van der Waals surface area contributed by atoms with Crippen molar-refractivity contribution in [3.63, 3.8) is 0 Å². The van der Waals surface area contributed by atoms with Crippen molar-refractivity contribution < 1.29 is 14.7 Å². The van der Waals surface area contributed by atoms with Crippen molar-refractivity contribution in [2.75, 3.05) is 25.0 Å². The van der Waals surface area contributed by atoms with Crippen LogP contribution in [0.5, 0.6) is 0 Å². The van der Waals surface area contributed by atoms with Gasteiger partial charge in [0.1, 0.15) is 6.04 Å². The number of hydrogen-bond donors (Lipinski definition) is 4. The van der Waals surface area contributed by atoms with E-state index in [9.17, 15) is 9.59 Å². The lowest BCUT2D eigenvalue weighted by molar-refractivity contribution is -0.124. The zero-order chi connectivity index (χ0) is 13.7. The van der Waals surface area contributed by atoms with E-state index in [-0.39, 0.29) is 25.0 Å². The molecule has 0 bridgehead atoms. The number of carbonyl (C=O) groups is 2. The number of rotatable bonds is 4. The molecule has 1 fully saturated rings. The molecule has 0 aromatic heterocycles. The summed E-state index contributed by atoms with van der Waals surface area (Å²) in [5.74, 6) is -0.271. The molecule has 6 heteroatoms. The fourth-order valence-electron chi connectivity index (χ4n) is 1.87. The van der Waals surface area contributed by atoms with E-state index >= 15 is 0 Å². The van der Waals surface area contributed by atoms with Gasteiger partial charge >= 0.3 is 0 Å². The number of piperazine rings is 1. The summed E-state index contributed by atoms with van der Waals surface area (Å²) in [7, 11) is 0. The molecular formula is C13H17N3O3. The molecule has 0 saturated carbocycles. The standard InChI is InChI=1S/C13H17N3O3/c17-6-5-9-1-3-10(4-2-9)16-13(19)11-7-15-12(18)8-14-11/h1-4,11,14,17H,5-8H2,(H,15,18)(H,16,19). The van der Waals surface area contributed by atoms with Crippen molar-refractivity contribution >= 4 is 17.5 Å². The maximum Gasteiger partial charge on any atom is 0.243 e. The Morgan fingerprint density at radius 3 is 2.68 bits per heavy atom. The van der Waals surface area contributed by atoms with E-state index in [0.717, 1.165) is 5.56 Å². The minimum Gasteiger partial charge on any atom is -0.396 e. The molecular weight excluding hydrogens is 246 g/mol. The first-order valence-corrected chi connectivity index (χ1v) is 6.20. The summed E-state index contributed by atoms with van der Waals surface area (Å²) in [6.07, 6.45) is 0.602. The van der Waals surface area contributed by atoms with Gasteiger partial charge in [-0.05, 0) is 24.1 Å². The van der Waals surface area contributed by atoms with E-state index in [1.54, 1.807) is 12.1 Å². The Hall–Kier alpha value is -1.92. The molecule has 1 aliphatic rings. The SMILES string of the molecule is O=C1CNC(C(=O)Nc2ccc(CCO)cc2)CN1. The molecule has 102 valence electrons. The normalized spacial score (nSPS) is 18.8. The second kappa shape index (κ2) is 6.31. The molecule has 0 aliphatic carbocycles. The van der Waals surface area contributed by atoms with Gasteiger partial charge in [0.2, 0.25) is 11.8 Å². The highest BCUT2D eigenvalue weighted by atomic mass is 16.3. The van der Waals surface area contributed by atoms with Gasteiger partial charge in [0.05, 0.1) is 6.54 Å². The van der Waals surface area contributed by atoms with Gasteiger partial charge in [-0.15, -0.1) is 0 Å². The molecule has 1 saturated heterocycles. The first-order valence-electron chi connectivity index (χ1n) is 6.20. The van der Waals surface area contributed by atoms with Gasteiger partial charge in [0.15, 0.2) is 0 Å².